The van der Waals surface area contributed by atoms with Crippen molar-refractivity contribution in [2.45, 2.75) is 24.3 Å². The lowest BCUT2D eigenvalue weighted by Crippen LogP contribution is -2.43. The Balaban J connectivity index is 0.000000765. The second kappa shape index (κ2) is 15.2. The maximum Gasteiger partial charge on any atom is 0.414 e. The van der Waals surface area contributed by atoms with Gasteiger partial charge < -0.3 is 25.6 Å². The molecule has 4 N–H and O–H groups in total. The number of carbonyl (C=O) groups is 3. The van der Waals surface area contributed by atoms with E-state index < -0.39 is 22.0 Å². The van der Waals surface area contributed by atoms with Crippen LogP contribution in [0.5, 0.6) is 5.75 Å². The number of para-hydroxylation sites is 2. The molecule has 1 saturated heterocycles. The van der Waals surface area contributed by atoms with E-state index in [0.29, 0.717) is 56.0 Å². The Labute approximate surface area is 249 Å². The van der Waals surface area contributed by atoms with Gasteiger partial charge in [-0.15, -0.1) is 0 Å². The number of halogens is 1. The molecule has 0 saturated carbocycles. The molecule has 1 fully saturated rings. The van der Waals surface area contributed by atoms with Crippen LogP contribution in [0.4, 0.5) is 10.1 Å². The molecule has 0 amide bonds. The van der Waals surface area contributed by atoms with E-state index in [4.69, 9.17) is 30.3 Å². The largest absolute Gasteiger partial charge is 0.495 e. The second-order valence-electron chi connectivity index (χ2n) is 9.69. The van der Waals surface area contributed by atoms with E-state index in [1.54, 1.807) is 48.5 Å². The number of ketones is 1. The SMILES string of the molecule is COc1ccccc1N(CCN1CCC(C(=O)c2ccc(F)cc2)CC1)S(=O)(=O)c1ccc(CN)cc1.O=C(O)C(=O)O. The van der Waals surface area contributed by atoms with Crippen molar-refractivity contribution in [2.75, 3.05) is 37.6 Å². The molecular formula is C30H34FN3O8S. The first-order valence-electron chi connectivity index (χ1n) is 13.4. The molecule has 0 bridgehead atoms. The lowest BCUT2D eigenvalue weighted by Gasteiger charge is -2.33. The van der Waals surface area contributed by atoms with Gasteiger partial charge in [0.05, 0.1) is 17.7 Å². The van der Waals surface area contributed by atoms with Gasteiger partial charge in [0.25, 0.3) is 10.0 Å². The number of carboxylic acids is 2. The molecule has 1 aliphatic heterocycles. The van der Waals surface area contributed by atoms with Gasteiger partial charge in [-0.1, -0.05) is 24.3 Å². The molecule has 0 spiro atoms. The van der Waals surface area contributed by atoms with Gasteiger partial charge in [0.1, 0.15) is 11.6 Å². The van der Waals surface area contributed by atoms with Crippen molar-refractivity contribution in [3.05, 3.63) is 89.7 Å². The summed E-state index contributed by atoms with van der Waals surface area (Å²) >= 11 is 0. The smallest absolute Gasteiger partial charge is 0.414 e. The van der Waals surface area contributed by atoms with Gasteiger partial charge >= 0.3 is 11.9 Å². The van der Waals surface area contributed by atoms with Crippen LogP contribution in [-0.4, -0.2) is 74.5 Å². The summed E-state index contributed by atoms with van der Waals surface area (Å²) in [5.41, 5.74) is 7.51. The van der Waals surface area contributed by atoms with Crippen LogP contribution in [0.3, 0.4) is 0 Å². The first-order chi connectivity index (χ1) is 20.5. The number of nitrogens with two attached hydrogens (primary N) is 1. The van der Waals surface area contributed by atoms with Gasteiger partial charge in [-0.2, -0.15) is 0 Å². The van der Waals surface area contributed by atoms with Gasteiger partial charge in [0, 0.05) is 31.1 Å². The number of benzene rings is 3. The number of Topliss-reactive ketones (excluding diaryl/α,β-unsaturated/α-hetero) is 1. The van der Waals surface area contributed by atoms with E-state index in [2.05, 4.69) is 4.90 Å². The number of ether oxygens (including phenoxy) is 1. The summed E-state index contributed by atoms with van der Waals surface area (Å²) in [6.07, 6.45) is 1.33. The molecule has 230 valence electrons. The van der Waals surface area contributed by atoms with Crippen LogP contribution in [0, 0.1) is 11.7 Å². The van der Waals surface area contributed by atoms with Crippen LogP contribution < -0.4 is 14.8 Å². The topological polar surface area (TPSA) is 168 Å². The summed E-state index contributed by atoms with van der Waals surface area (Å²) < 4.78 is 47.6. The zero-order chi connectivity index (χ0) is 31.6. The highest BCUT2D eigenvalue weighted by atomic mass is 32.2. The lowest BCUT2D eigenvalue weighted by atomic mass is 9.89. The number of methoxy groups -OCH3 is 1. The number of likely N-dealkylation sites (tertiary alicyclic amines) is 1. The van der Waals surface area contributed by atoms with Gasteiger partial charge in [0.2, 0.25) is 0 Å². The van der Waals surface area contributed by atoms with Crippen molar-refractivity contribution in [1.82, 2.24) is 4.90 Å². The third-order valence-electron chi connectivity index (χ3n) is 6.99. The minimum atomic E-state index is -3.88. The van der Waals surface area contributed by atoms with Crippen LogP contribution in [0.2, 0.25) is 0 Å². The summed E-state index contributed by atoms with van der Waals surface area (Å²) in [5, 5.41) is 14.8. The quantitative estimate of drug-likeness (QED) is 0.228. The molecule has 1 aliphatic rings. The van der Waals surface area contributed by atoms with E-state index in [1.165, 1.54) is 35.7 Å². The van der Waals surface area contributed by atoms with Crippen molar-refractivity contribution in [3.8, 4) is 5.75 Å². The van der Waals surface area contributed by atoms with E-state index >= 15 is 0 Å². The van der Waals surface area contributed by atoms with Crippen LogP contribution in [0.1, 0.15) is 28.8 Å². The van der Waals surface area contributed by atoms with Crippen molar-refractivity contribution in [3.63, 3.8) is 0 Å². The number of anilines is 1. The van der Waals surface area contributed by atoms with E-state index in [1.807, 2.05) is 0 Å². The first-order valence-corrected chi connectivity index (χ1v) is 14.8. The second-order valence-corrected chi connectivity index (χ2v) is 11.6. The Morgan fingerprint density at radius 2 is 1.53 bits per heavy atom. The number of aliphatic carboxylic acids is 2. The Kier molecular flexibility index (Phi) is 11.8. The number of hydrogen-bond acceptors (Lipinski definition) is 8. The highest BCUT2D eigenvalue weighted by molar-refractivity contribution is 7.92. The summed E-state index contributed by atoms with van der Waals surface area (Å²) in [4.78, 5) is 33.4. The minimum Gasteiger partial charge on any atom is -0.495 e. The van der Waals surface area contributed by atoms with Gasteiger partial charge in [-0.05, 0) is 80.0 Å². The Hall–Kier alpha value is -4.33. The first kappa shape index (κ1) is 33.2. The number of piperidine rings is 1. The fourth-order valence-corrected chi connectivity index (χ4v) is 6.10. The van der Waals surface area contributed by atoms with E-state index in [-0.39, 0.29) is 29.0 Å². The summed E-state index contributed by atoms with van der Waals surface area (Å²) in [6.45, 7) is 2.38. The van der Waals surface area contributed by atoms with Crippen LogP contribution in [0.25, 0.3) is 0 Å². The maximum atomic E-state index is 13.7. The third kappa shape index (κ3) is 8.83. The van der Waals surface area contributed by atoms with Gasteiger partial charge in [-0.3, -0.25) is 9.10 Å². The number of carboxylic acid groups (broad SMARTS) is 2. The Bertz CT molecular complexity index is 1500. The fraction of sp³-hybridized carbons (Fsp3) is 0.300. The predicted molar refractivity (Wildman–Crippen MR) is 157 cm³/mol. The maximum absolute atomic E-state index is 13.7. The molecule has 3 aromatic carbocycles. The molecular weight excluding hydrogens is 581 g/mol. The van der Waals surface area contributed by atoms with Crippen LogP contribution in [0.15, 0.2) is 77.7 Å². The lowest BCUT2D eigenvalue weighted by molar-refractivity contribution is -0.159. The van der Waals surface area contributed by atoms with Crippen LogP contribution in [-0.2, 0) is 26.2 Å². The molecule has 0 aromatic heterocycles. The summed E-state index contributed by atoms with van der Waals surface area (Å²) in [6, 6.07) is 19.3. The molecule has 0 aliphatic carbocycles. The summed E-state index contributed by atoms with van der Waals surface area (Å²) in [7, 11) is -2.36. The van der Waals surface area contributed by atoms with E-state index in [9.17, 15) is 17.6 Å². The van der Waals surface area contributed by atoms with Crippen LogP contribution >= 0.6 is 0 Å². The number of sulfonamides is 1. The fourth-order valence-electron chi connectivity index (χ4n) is 4.63. The zero-order valence-electron chi connectivity index (χ0n) is 23.6. The molecule has 0 unspecified atom stereocenters. The molecule has 4 rings (SSSR count). The molecule has 43 heavy (non-hydrogen) atoms. The van der Waals surface area contributed by atoms with Crippen molar-refractivity contribution in [1.29, 1.82) is 0 Å². The van der Waals surface area contributed by atoms with Gasteiger partial charge in [0.15, 0.2) is 5.78 Å². The Morgan fingerprint density at radius 3 is 2.07 bits per heavy atom. The van der Waals surface area contributed by atoms with E-state index in [0.717, 1.165) is 5.56 Å². The molecule has 0 radical (unpaired) electrons. The zero-order valence-corrected chi connectivity index (χ0v) is 24.4. The average Bonchev–Trinajstić information content (AvgIpc) is 3.02. The molecule has 0 atom stereocenters. The van der Waals surface area contributed by atoms with Crippen molar-refractivity contribution in [2.24, 2.45) is 11.7 Å². The summed E-state index contributed by atoms with van der Waals surface area (Å²) in [5.74, 6) is -3.65. The number of nitrogens with zero attached hydrogens (tertiary/aromatic N) is 2. The molecule has 3 aromatic rings. The molecule has 13 heteroatoms. The monoisotopic (exact) mass is 615 g/mol. The number of carbonyl (C=O) groups excluding carboxylic acids is 1. The Morgan fingerprint density at radius 1 is 0.953 bits per heavy atom. The molecule has 1 heterocycles. The standard InChI is InChI=1S/C28H32FN3O4S.C2H2O4/c1-36-27-5-3-2-4-26(27)32(37(34,35)25-12-6-21(20-30)7-13-25)19-18-31-16-14-23(15-17-31)28(33)22-8-10-24(29)11-9-22;3-1(4)2(5)6/h2-13,23H,14-20,30H2,1H3;(H,3,4)(H,5,6). The predicted octanol–water partition coefficient (Wildman–Crippen LogP) is 3.24. The van der Waals surface area contributed by atoms with Crippen molar-refractivity contribution >= 4 is 33.4 Å². The van der Waals surface area contributed by atoms with Crippen molar-refractivity contribution < 1.29 is 42.1 Å². The number of hydrogen-bond donors (Lipinski definition) is 3. The number of rotatable bonds is 10. The third-order valence-corrected chi connectivity index (χ3v) is 8.82. The average molecular weight is 616 g/mol. The highest BCUT2D eigenvalue weighted by Gasteiger charge is 2.30. The minimum absolute atomic E-state index is 0.0267. The highest BCUT2D eigenvalue weighted by Crippen LogP contribution is 2.32. The molecule has 11 nitrogen and oxygen atoms in total. The van der Waals surface area contributed by atoms with Gasteiger partial charge in [-0.25, -0.2) is 22.4 Å². The normalized spacial score (nSPS) is 13.8.